The molecule has 0 radical (unpaired) electrons. The number of nitrogens with two attached hydrogens (primary N) is 1. The molecule has 78 valence electrons. The first-order valence-corrected chi connectivity index (χ1v) is 5.21. The summed E-state index contributed by atoms with van der Waals surface area (Å²) in [4.78, 5) is 12.2. The Morgan fingerprint density at radius 3 is 3.00 bits per heavy atom. The molecule has 0 atom stereocenters. The van der Waals surface area contributed by atoms with Gasteiger partial charge in [0, 0.05) is 11.8 Å². The molecule has 1 amide bonds. The highest BCUT2D eigenvalue weighted by Crippen LogP contribution is 2.19. The second kappa shape index (κ2) is 3.74. The first-order chi connectivity index (χ1) is 7.16. The number of nitrogens with zero attached hydrogens (tertiary/aromatic N) is 1. The lowest BCUT2D eigenvalue weighted by atomic mass is 10.4. The van der Waals surface area contributed by atoms with E-state index in [-0.39, 0.29) is 5.91 Å². The normalized spacial score (nSPS) is 10.2. The maximum Gasteiger partial charge on any atom is 0.269 e. The minimum atomic E-state index is -0.228. The van der Waals surface area contributed by atoms with Crippen molar-refractivity contribution < 1.29 is 4.79 Å². The molecule has 4 N–H and O–H groups in total. The van der Waals surface area contributed by atoms with Gasteiger partial charge in [-0.2, -0.15) is 5.10 Å². The Balaban J connectivity index is 2.14. The Kier molecular flexibility index (Phi) is 2.42. The van der Waals surface area contributed by atoms with Crippen molar-refractivity contribution in [2.45, 2.75) is 6.92 Å². The average molecular weight is 222 g/mol. The number of nitrogens with one attached hydrogen (secondary N) is 2. The van der Waals surface area contributed by atoms with Crippen molar-refractivity contribution in [3.8, 4) is 0 Å². The Morgan fingerprint density at radius 1 is 1.67 bits per heavy atom. The number of aromatic amines is 1. The third-order valence-electron chi connectivity index (χ3n) is 1.85. The maximum absolute atomic E-state index is 11.7. The Morgan fingerprint density at radius 2 is 2.47 bits per heavy atom. The number of hydrogen-bond acceptors (Lipinski definition) is 4. The second-order valence-corrected chi connectivity index (χ2v) is 4.01. The fourth-order valence-corrected chi connectivity index (χ4v) is 1.87. The van der Waals surface area contributed by atoms with Crippen molar-refractivity contribution in [2.75, 3.05) is 11.1 Å². The van der Waals surface area contributed by atoms with Crippen LogP contribution in [0.25, 0.3) is 0 Å². The number of nitrogen functional groups attached to an aromatic ring is 1. The molecule has 2 rings (SSSR count). The van der Waals surface area contributed by atoms with Gasteiger partial charge < -0.3 is 11.1 Å². The number of aryl methyl sites for hydroxylation is 1. The van der Waals surface area contributed by atoms with Gasteiger partial charge in [0.15, 0.2) is 5.82 Å². The largest absolute Gasteiger partial charge is 0.397 e. The molecule has 6 heteroatoms. The van der Waals surface area contributed by atoms with E-state index in [0.717, 1.165) is 5.69 Å². The maximum atomic E-state index is 11.7. The number of hydrogen-bond donors (Lipinski definition) is 3. The summed E-state index contributed by atoms with van der Waals surface area (Å²) >= 11 is 1.31. The lowest BCUT2D eigenvalue weighted by molar-refractivity contribution is 0.103. The van der Waals surface area contributed by atoms with Crippen LogP contribution in [0, 0.1) is 6.92 Å². The summed E-state index contributed by atoms with van der Waals surface area (Å²) in [5.74, 6) is 0.277. The Labute approximate surface area is 90.3 Å². The summed E-state index contributed by atoms with van der Waals surface area (Å²) in [6, 6.07) is 3.46. The van der Waals surface area contributed by atoms with Crippen LogP contribution in [0.4, 0.5) is 11.5 Å². The number of rotatable bonds is 2. The van der Waals surface area contributed by atoms with Crippen molar-refractivity contribution in [3.63, 3.8) is 0 Å². The molecule has 0 aliphatic rings. The molecule has 0 saturated heterocycles. The summed E-state index contributed by atoms with van der Waals surface area (Å²) in [6.45, 7) is 1.86. The highest BCUT2D eigenvalue weighted by Gasteiger charge is 2.12. The molecule has 15 heavy (non-hydrogen) atoms. The summed E-state index contributed by atoms with van der Waals surface area (Å²) < 4.78 is 0. The lowest BCUT2D eigenvalue weighted by Crippen LogP contribution is -2.12. The van der Waals surface area contributed by atoms with Gasteiger partial charge in [-0.3, -0.25) is 9.89 Å². The molecule has 0 aromatic carbocycles. The molecule has 0 aliphatic heterocycles. The van der Waals surface area contributed by atoms with Crippen LogP contribution in [0.1, 0.15) is 15.4 Å². The summed E-state index contributed by atoms with van der Waals surface area (Å²) in [5, 5.41) is 11.1. The SMILES string of the molecule is Cc1cc(NC(=O)c2sccc2N)n[nH]1. The van der Waals surface area contributed by atoms with Gasteiger partial charge in [0.25, 0.3) is 5.91 Å². The predicted octanol–water partition coefficient (Wildman–Crippen LogP) is 1.61. The zero-order valence-electron chi connectivity index (χ0n) is 8.07. The van der Waals surface area contributed by atoms with E-state index in [4.69, 9.17) is 5.73 Å². The van der Waals surface area contributed by atoms with Gasteiger partial charge >= 0.3 is 0 Å². The molecule has 2 aromatic rings. The van der Waals surface area contributed by atoms with Gasteiger partial charge in [-0.15, -0.1) is 11.3 Å². The van der Waals surface area contributed by atoms with Gasteiger partial charge in [-0.1, -0.05) is 0 Å². The monoisotopic (exact) mass is 222 g/mol. The quantitative estimate of drug-likeness (QED) is 0.721. The molecule has 2 aromatic heterocycles. The van der Waals surface area contributed by atoms with E-state index in [9.17, 15) is 4.79 Å². The van der Waals surface area contributed by atoms with E-state index < -0.39 is 0 Å². The Bertz CT molecular complexity index is 488. The Hall–Kier alpha value is -1.82. The van der Waals surface area contributed by atoms with Gasteiger partial charge in [-0.05, 0) is 18.4 Å². The van der Waals surface area contributed by atoms with Gasteiger partial charge in [0.1, 0.15) is 4.88 Å². The zero-order chi connectivity index (χ0) is 10.8. The van der Waals surface area contributed by atoms with E-state index >= 15 is 0 Å². The number of aromatic nitrogens is 2. The molecule has 5 nitrogen and oxygen atoms in total. The number of carbonyl (C=O) groups excluding carboxylic acids is 1. The van der Waals surface area contributed by atoms with Gasteiger partial charge in [0.05, 0.1) is 5.69 Å². The first kappa shape index (κ1) is 9.72. The third kappa shape index (κ3) is 1.99. The number of anilines is 2. The van der Waals surface area contributed by atoms with Crippen LogP contribution in [0.3, 0.4) is 0 Å². The summed E-state index contributed by atoms with van der Waals surface area (Å²) in [7, 11) is 0. The molecule has 0 saturated carbocycles. The van der Waals surface area contributed by atoms with E-state index in [1.165, 1.54) is 11.3 Å². The van der Waals surface area contributed by atoms with Gasteiger partial charge in [0.2, 0.25) is 0 Å². The molecule has 0 fully saturated rings. The third-order valence-corrected chi connectivity index (χ3v) is 2.78. The average Bonchev–Trinajstić information content (AvgIpc) is 2.75. The summed E-state index contributed by atoms with van der Waals surface area (Å²) in [6.07, 6.45) is 0. The van der Waals surface area contributed by atoms with E-state index in [1.807, 2.05) is 6.92 Å². The fourth-order valence-electron chi connectivity index (χ4n) is 1.16. The fraction of sp³-hybridized carbons (Fsp3) is 0.111. The van der Waals surface area contributed by atoms with Crippen molar-refractivity contribution in [1.82, 2.24) is 10.2 Å². The molecule has 0 aliphatic carbocycles. The topological polar surface area (TPSA) is 83.8 Å². The van der Waals surface area contributed by atoms with Crippen LogP contribution < -0.4 is 11.1 Å². The van der Waals surface area contributed by atoms with Crippen LogP contribution in [-0.2, 0) is 0 Å². The zero-order valence-corrected chi connectivity index (χ0v) is 8.89. The van der Waals surface area contributed by atoms with E-state index in [0.29, 0.717) is 16.4 Å². The standard InChI is InChI=1S/C9H10N4OS/c1-5-4-7(13-12-5)11-9(14)8-6(10)2-3-15-8/h2-4H,10H2,1H3,(H2,11,12,13,14). The van der Waals surface area contributed by atoms with Crippen molar-refractivity contribution >= 4 is 28.7 Å². The lowest BCUT2D eigenvalue weighted by Gasteiger charge is -1.99. The first-order valence-electron chi connectivity index (χ1n) is 4.33. The molecule has 0 unspecified atom stereocenters. The molecule has 0 spiro atoms. The number of carbonyl (C=O) groups is 1. The minimum Gasteiger partial charge on any atom is -0.397 e. The van der Waals surface area contributed by atoms with Crippen LogP contribution in [0.15, 0.2) is 17.5 Å². The van der Waals surface area contributed by atoms with E-state index in [2.05, 4.69) is 15.5 Å². The number of thiophene rings is 1. The second-order valence-electron chi connectivity index (χ2n) is 3.10. The van der Waals surface area contributed by atoms with Crippen LogP contribution in [0.5, 0.6) is 0 Å². The minimum absolute atomic E-state index is 0.228. The van der Waals surface area contributed by atoms with Crippen LogP contribution in [-0.4, -0.2) is 16.1 Å². The molecule has 0 bridgehead atoms. The highest BCUT2D eigenvalue weighted by atomic mass is 32.1. The molecular formula is C9H10N4OS. The van der Waals surface area contributed by atoms with Crippen molar-refractivity contribution in [1.29, 1.82) is 0 Å². The smallest absolute Gasteiger partial charge is 0.269 e. The number of H-pyrrole nitrogens is 1. The van der Waals surface area contributed by atoms with Crippen molar-refractivity contribution in [3.05, 3.63) is 28.1 Å². The van der Waals surface area contributed by atoms with E-state index in [1.54, 1.807) is 17.5 Å². The van der Waals surface area contributed by atoms with Crippen LogP contribution >= 0.6 is 11.3 Å². The number of amides is 1. The van der Waals surface area contributed by atoms with Crippen LogP contribution in [0.2, 0.25) is 0 Å². The van der Waals surface area contributed by atoms with Gasteiger partial charge in [-0.25, -0.2) is 0 Å². The highest BCUT2D eigenvalue weighted by molar-refractivity contribution is 7.12. The predicted molar refractivity (Wildman–Crippen MR) is 60.0 cm³/mol. The summed E-state index contributed by atoms with van der Waals surface area (Å²) in [5.41, 5.74) is 7.01. The molecule has 2 heterocycles. The molecular weight excluding hydrogens is 212 g/mol. The van der Waals surface area contributed by atoms with Crippen molar-refractivity contribution in [2.24, 2.45) is 0 Å².